The molecule has 0 aliphatic carbocycles. The van der Waals surface area contributed by atoms with E-state index in [-0.39, 0.29) is 0 Å². The van der Waals surface area contributed by atoms with E-state index < -0.39 is 0 Å². The van der Waals surface area contributed by atoms with Gasteiger partial charge in [0.2, 0.25) is 0 Å². The second kappa shape index (κ2) is 8.03. The molecule has 0 aliphatic rings. The number of aryl methyl sites for hydroxylation is 2. The Labute approximate surface area is 148 Å². The number of methoxy groups -OCH3 is 2. The second-order valence-corrected chi connectivity index (χ2v) is 5.96. The Hall–Kier alpha value is -2.53. The molecule has 5 heteroatoms. The van der Waals surface area contributed by atoms with Gasteiger partial charge in [0.15, 0.2) is 11.5 Å². The summed E-state index contributed by atoms with van der Waals surface area (Å²) in [5.74, 6) is 2.52. The minimum absolute atomic E-state index is 0.711. The summed E-state index contributed by atoms with van der Waals surface area (Å²) in [5, 5.41) is 3.20. The van der Waals surface area contributed by atoms with E-state index in [4.69, 9.17) is 14.5 Å². The molecule has 2 aromatic carbocycles. The number of hydrogen-bond acceptors (Lipinski definition) is 4. The van der Waals surface area contributed by atoms with Crippen molar-refractivity contribution in [1.82, 2.24) is 14.9 Å². The Kier molecular flexibility index (Phi) is 5.56. The van der Waals surface area contributed by atoms with Crippen molar-refractivity contribution in [2.75, 3.05) is 27.8 Å². The summed E-state index contributed by atoms with van der Waals surface area (Å²) < 4.78 is 13.2. The van der Waals surface area contributed by atoms with Gasteiger partial charge in [0.05, 0.1) is 25.3 Å². The molecule has 1 heterocycles. The van der Waals surface area contributed by atoms with Crippen LogP contribution in [0.25, 0.3) is 11.0 Å². The highest BCUT2D eigenvalue weighted by Crippen LogP contribution is 2.32. The van der Waals surface area contributed by atoms with Crippen LogP contribution in [0.4, 0.5) is 0 Å². The van der Waals surface area contributed by atoms with Crippen LogP contribution in [0.1, 0.15) is 11.4 Å². The van der Waals surface area contributed by atoms with E-state index in [1.54, 1.807) is 14.2 Å². The van der Waals surface area contributed by atoms with Gasteiger partial charge in [-0.2, -0.15) is 0 Å². The van der Waals surface area contributed by atoms with E-state index in [2.05, 4.69) is 34.1 Å². The summed E-state index contributed by atoms with van der Waals surface area (Å²) in [6.45, 7) is 1.78. The molecule has 132 valence electrons. The number of nitrogens with one attached hydrogen (secondary N) is 1. The van der Waals surface area contributed by atoms with E-state index >= 15 is 0 Å². The lowest BCUT2D eigenvalue weighted by molar-refractivity contribution is 0.355. The van der Waals surface area contributed by atoms with Crippen LogP contribution in [0.15, 0.2) is 42.5 Å². The maximum Gasteiger partial charge on any atom is 0.163 e. The largest absolute Gasteiger partial charge is 0.493 e. The van der Waals surface area contributed by atoms with Crippen LogP contribution in [-0.4, -0.2) is 37.4 Å². The highest BCUT2D eigenvalue weighted by molar-refractivity contribution is 5.80. The third-order valence-electron chi connectivity index (χ3n) is 4.40. The smallest absolute Gasteiger partial charge is 0.163 e. The molecule has 0 fully saturated rings. The van der Waals surface area contributed by atoms with Crippen LogP contribution < -0.4 is 14.8 Å². The first kappa shape index (κ1) is 17.3. The van der Waals surface area contributed by atoms with Crippen molar-refractivity contribution in [3.8, 4) is 11.5 Å². The van der Waals surface area contributed by atoms with Crippen LogP contribution in [0.2, 0.25) is 0 Å². The average Bonchev–Trinajstić information content (AvgIpc) is 3.00. The van der Waals surface area contributed by atoms with Gasteiger partial charge >= 0.3 is 0 Å². The van der Waals surface area contributed by atoms with E-state index in [0.29, 0.717) is 5.75 Å². The number of rotatable bonds is 8. The molecule has 0 amide bonds. The molecule has 0 spiro atoms. The zero-order chi connectivity index (χ0) is 17.6. The summed E-state index contributed by atoms with van der Waals surface area (Å²) >= 11 is 0. The first-order valence-corrected chi connectivity index (χ1v) is 8.56. The molecule has 0 bridgehead atoms. The first-order chi connectivity index (χ1) is 12.3. The van der Waals surface area contributed by atoms with Gasteiger partial charge in [0, 0.05) is 31.6 Å². The first-order valence-electron chi connectivity index (χ1n) is 8.56. The molecular formula is C20H25N3O2. The third kappa shape index (κ3) is 3.77. The molecule has 1 aromatic heterocycles. The molecule has 3 aromatic rings. The van der Waals surface area contributed by atoms with Gasteiger partial charge in [-0.1, -0.05) is 30.3 Å². The highest BCUT2D eigenvalue weighted by atomic mass is 16.5. The second-order valence-electron chi connectivity index (χ2n) is 5.96. The normalized spacial score (nSPS) is 11.0. The molecule has 0 atom stereocenters. The summed E-state index contributed by atoms with van der Waals surface area (Å²) in [6.07, 6.45) is 1.85. The van der Waals surface area contributed by atoms with E-state index in [0.717, 1.165) is 48.5 Å². The molecule has 0 saturated carbocycles. The van der Waals surface area contributed by atoms with Gasteiger partial charge in [0.25, 0.3) is 0 Å². The van der Waals surface area contributed by atoms with Crippen molar-refractivity contribution in [1.29, 1.82) is 0 Å². The van der Waals surface area contributed by atoms with E-state index in [1.165, 1.54) is 5.56 Å². The van der Waals surface area contributed by atoms with Crippen LogP contribution in [0.3, 0.4) is 0 Å². The minimum Gasteiger partial charge on any atom is -0.493 e. The fourth-order valence-electron chi connectivity index (χ4n) is 3.06. The van der Waals surface area contributed by atoms with Crippen molar-refractivity contribution < 1.29 is 9.47 Å². The van der Waals surface area contributed by atoms with Crippen molar-refractivity contribution in [3.63, 3.8) is 0 Å². The molecule has 0 unspecified atom stereocenters. The lowest BCUT2D eigenvalue weighted by atomic mass is 10.1. The predicted octanol–water partition coefficient (Wildman–Crippen LogP) is 3.06. The number of hydrogen-bond donors (Lipinski definition) is 1. The maximum absolute atomic E-state index is 5.47. The van der Waals surface area contributed by atoms with Gasteiger partial charge in [-0.25, -0.2) is 4.98 Å². The monoisotopic (exact) mass is 339 g/mol. The van der Waals surface area contributed by atoms with E-state index in [9.17, 15) is 0 Å². The fourth-order valence-corrected chi connectivity index (χ4v) is 3.06. The topological polar surface area (TPSA) is 48.3 Å². The van der Waals surface area contributed by atoms with Crippen LogP contribution >= 0.6 is 0 Å². The summed E-state index contributed by atoms with van der Waals surface area (Å²) in [6, 6.07) is 14.5. The van der Waals surface area contributed by atoms with Gasteiger partial charge in [-0.15, -0.1) is 0 Å². The minimum atomic E-state index is 0.711. The molecule has 5 nitrogen and oxygen atoms in total. The Bertz CT molecular complexity index is 828. The molecule has 25 heavy (non-hydrogen) atoms. The van der Waals surface area contributed by atoms with Gasteiger partial charge in [0.1, 0.15) is 5.82 Å². The Morgan fingerprint density at radius 2 is 1.72 bits per heavy atom. The maximum atomic E-state index is 5.47. The molecule has 0 radical (unpaired) electrons. The number of ether oxygens (including phenoxy) is 2. The van der Waals surface area contributed by atoms with Gasteiger partial charge < -0.3 is 19.4 Å². The average molecular weight is 339 g/mol. The van der Waals surface area contributed by atoms with E-state index in [1.807, 2.05) is 25.2 Å². The van der Waals surface area contributed by atoms with Crippen molar-refractivity contribution in [2.24, 2.45) is 0 Å². The van der Waals surface area contributed by atoms with Gasteiger partial charge in [-0.3, -0.25) is 0 Å². The number of benzene rings is 2. The molecule has 0 saturated heterocycles. The Morgan fingerprint density at radius 1 is 1.00 bits per heavy atom. The zero-order valence-corrected chi connectivity index (χ0v) is 15.1. The Morgan fingerprint density at radius 3 is 2.40 bits per heavy atom. The zero-order valence-electron chi connectivity index (χ0n) is 15.1. The number of fused-ring (bicyclic) bond motifs is 1. The lowest BCUT2D eigenvalue weighted by Crippen LogP contribution is -2.15. The Balaban J connectivity index is 1.99. The number of nitrogens with zero attached hydrogens (tertiary/aromatic N) is 2. The van der Waals surface area contributed by atoms with Crippen LogP contribution in [0.5, 0.6) is 11.5 Å². The lowest BCUT2D eigenvalue weighted by Gasteiger charge is -2.11. The van der Waals surface area contributed by atoms with Crippen molar-refractivity contribution in [3.05, 3.63) is 53.9 Å². The molecule has 0 aliphatic heterocycles. The van der Waals surface area contributed by atoms with Crippen molar-refractivity contribution in [2.45, 2.75) is 19.4 Å². The van der Waals surface area contributed by atoms with Crippen molar-refractivity contribution >= 4 is 11.0 Å². The quantitative estimate of drug-likeness (QED) is 0.685. The van der Waals surface area contributed by atoms with Crippen LogP contribution in [-0.2, 0) is 19.4 Å². The molecule has 1 N–H and O–H groups in total. The summed E-state index contributed by atoms with van der Waals surface area (Å²) in [7, 11) is 5.28. The fraction of sp³-hybridized carbons (Fsp3) is 0.350. The summed E-state index contributed by atoms with van der Waals surface area (Å²) in [5.41, 5.74) is 3.35. The number of aromatic nitrogens is 2. The third-order valence-corrected chi connectivity index (χ3v) is 4.40. The number of likely N-dealkylation sites (N-methyl/N-ethyl adjacent to an activating group) is 1. The number of imidazole rings is 1. The molecular weight excluding hydrogens is 314 g/mol. The molecule has 3 rings (SSSR count). The SMILES string of the molecule is CNCCc1nc2cc(OC)c(OC)cc2n1CCc1ccccc1. The van der Waals surface area contributed by atoms with Crippen LogP contribution in [0, 0.1) is 0 Å². The van der Waals surface area contributed by atoms with Gasteiger partial charge in [-0.05, 0) is 19.0 Å². The summed E-state index contributed by atoms with van der Waals surface area (Å²) in [4.78, 5) is 4.83. The highest BCUT2D eigenvalue weighted by Gasteiger charge is 2.15. The standard InChI is InChI=1S/C20H25N3O2/c1-21-11-9-20-22-16-13-18(24-2)19(25-3)14-17(16)23(20)12-10-15-7-5-4-6-8-15/h4-8,13-14,21H,9-12H2,1-3H3. The predicted molar refractivity (Wildman–Crippen MR) is 101 cm³/mol.